The SMILES string of the molecule is Cc1cccc(C(=O)NC(CBr)c2ccccc2)c1I. The van der Waals surface area contributed by atoms with Gasteiger partial charge in [0.1, 0.15) is 0 Å². The van der Waals surface area contributed by atoms with Crippen molar-refractivity contribution in [3.63, 3.8) is 0 Å². The monoisotopic (exact) mass is 443 g/mol. The molecule has 2 aromatic carbocycles. The van der Waals surface area contributed by atoms with Gasteiger partial charge in [0, 0.05) is 8.90 Å². The predicted octanol–water partition coefficient (Wildman–Crippen LogP) is 4.47. The van der Waals surface area contributed by atoms with Crippen molar-refractivity contribution in [2.45, 2.75) is 13.0 Å². The van der Waals surface area contributed by atoms with Gasteiger partial charge < -0.3 is 5.32 Å². The van der Waals surface area contributed by atoms with Gasteiger partial charge in [-0.25, -0.2) is 0 Å². The number of carbonyl (C=O) groups is 1. The number of hydrogen-bond donors (Lipinski definition) is 1. The average molecular weight is 444 g/mol. The van der Waals surface area contributed by atoms with Crippen LogP contribution in [0.5, 0.6) is 0 Å². The molecule has 0 aliphatic heterocycles. The molecule has 1 amide bonds. The second-order valence-corrected chi connectivity index (χ2v) is 6.25. The second-order valence-electron chi connectivity index (χ2n) is 4.53. The van der Waals surface area contributed by atoms with E-state index >= 15 is 0 Å². The van der Waals surface area contributed by atoms with Crippen LogP contribution in [0.2, 0.25) is 0 Å². The van der Waals surface area contributed by atoms with E-state index in [-0.39, 0.29) is 11.9 Å². The van der Waals surface area contributed by atoms with Crippen LogP contribution in [0.1, 0.15) is 27.5 Å². The molecule has 1 atom stereocenters. The maximum Gasteiger partial charge on any atom is 0.252 e. The van der Waals surface area contributed by atoms with E-state index in [1.165, 1.54) is 0 Å². The fourth-order valence-electron chi connectivity index (χ4n) is 1.96. The predicted molar refractivity (Wildman–Crippen MR) is 94.3 cm³/mol. The number of hydrogen-bond acceptors (Lipinski definition) is 1. The molecule has 2 aromatic rings. The quantitative estimate of drug-likeness (QED) is 0.548. The second kappa shape index (κ2) is 7.22. The van der Waals surface area contributed by atoms with E-state index in [1.807, 2.05) is 55.5 Å². The summed E-state index contributed by atoms with van der Waals surface area (Å²) in [5, 5.41) is 3.76. The van der Waals surface area contributed by atoms with Gasteiger partial charge >= 0.3 is 0 Å². The molecule has 0 aromatic heterocycles. The molecule has 0 aliphatic carbocycles. The van der Waals surface area contributed by atoms with Crippen molar-refractivity contribution in [2.24, 2.45) is 0 Å². The van der Waals surface area contributed by atoms with E-state index < -0.39 is 0 Å². The lowest BCUT2D eigenvalue weighted by molar-refractivity contribution is 0.0940. The largest absolute Gasteiger partial charge is 0.344 e. The first kappa shape index (κ1) is 15.5. The maximum absolute atomic E-state index is 12.4. The lowest BCUT2D eigenvalue weighted by Gasteiger charge is -2.17. The van der Waals surface area contributed by atoms with Gasteiger partial charge in [0.2, 0.25) is 0 Å². The number of aryl methyl sites for hydroxylation is 1. The van der Waals surface area contributed by atoms with Crippen LogP contribution in [-0.4, -0.2) is 11.2 Å². The highest BCUT2D eigenvalue weighted by molar-refractivity contribution is 14.1. The lowest BCUT2D eigenvalue weighted by atomic mass is 10.1. The molecular formula is C16H15BrINO. The van der Waals surface area contributed by atoms with Gasteiger partial charge in [-0.05, 0) is 46.7 Å². The van der Waals surface area contributed by atoms with Gasteiger partial charge in [0.05, 0.1) is 11.6 Å². The fourth-order valence-corrected chi connectivity index (χ4v) is 3.10. The zero-order valence-corrected chi connectivity index (χ0v) is 14.8. The molecule has 0 spiro atoms. The van der Waals surface area contributed by atoms with Gasteiger partial charge in [0.15, 0.2) is 0 Å². The highest BCUT2D eigenvalue weighted by atomic mass is 127. The van der Waals surface area contributed by atoms with Crippen molar-refractivity contribution < 1.29 is 4.79 Å². The van der Waals surface area contributed by atoms with Gasteiger partial charge in [-0.3, -0.25) is 4.79 Å². The topological polar surface area (TPSA) is 29.1 Å². The number of carbonyl (C=O) groups excluding carboxylic acids is 1. The Morgan fingerprint density at radius 1 is 1.20 bits per heavy atom. The number of amides is 1. The number of rotatable bonds is 4. The standard InChI is InChI=1S/C16H15BrINO/c1-11-6-5-9-13(15(11)18)16(20)19-14(10-17)12-7-3-2-4-8-12/h2-9,14H,10H2,1H3,(H,19,20). The van der Waals surface area contributed by atoms with Crippen LogP contribution in [0.3, 0.4) is 0 Å². The van der Waals surface area contributed by atoms with E-state index in [4.69, 9.17) is 0 Å². The molecular weight excluding hydrogens is 429 g/mol. The van der Waals surface area contributed by atoms with Crippen molar-refractivity contribution in [3.8, 4) is 0 Å². The van der Waals surface area contributed by atoms with Crippen LogP contribution in [0.4, 0.5) is 0 Å². The summed E-state index contributed by atoms with van der Waals surface area (Å²) < 4.78 is 1.00. The molecule has 0 saturated heterocycles. The zero-order chi connectivity index (χ0) is 14.5. The minimum Gasteiger partial charge on any atom is -0.344 e. The fraction of sp³-hybridized carbons (Fsp3) is 0.188. The molecule has 0 saturated carbocycles. The first-order valence-electron chi connectivity index (χ1n) is 6.30. The lowest BCUT2D eigenvalue weighted by Crippen LogP contribution is -2.30. The van der Waals surface area contributed by atoms with Crippen molar-refractivity contribution >= 4 is 44.4 Å². The highest BCUT2D eigenvalue weighted by Gasteiger charge is 2.16. The molecule has 2 rings (SSSR count). The van der Waals surface area contributed by atoms with Crippen molar-refractivity contribution in [2.75, 3.05) is 5.33 Å². The van der Waals surface area contributed by atoms with Crippen molar-refractivity contribution in [3.05, 3.63) is 68.8 Å². The Morgan fingerprint density at radius 3 is 2.55 bits per heavy atom. The van der Waals surface area contributed by atoms with Crippen LogP contribution in [0.15, 0.2) is 48.5 Å². The van der Waals surface area contributed by atoms with Crippen LogP contribution in [0.25, 0.3) is 0 Å². The molecule has 0 heterocycles. The average Bonchev–Trinajstić information content (AvgIpc) is 2.48. The normalized spacial score (nSPS) is 11.9. The number of benzene rings is 2. The third-order valence-corrected chi connectivity index (χ3v) is 5.18. The molecule has 104 valence electrons. The Labute approximate surface area is 141 Å². The first-order valence-corrected chi connectivity index (χ1v) is 8.50. The molecule has 1 unspecified atom stereocenters. The van der Waals surface area contributed by atoms with E-state index in [0.717, 1.165) is 20.3 Å². The summed E-state index contributed by atoms with van der Waals surface area (Å²) >= 11 is 5.69. The highest BCUT2D eigenvalue weighted by Crippen LogP contribution is 2.19. The third-order valence-electron chi connectivity index (χ3n) is 3.10. The van der Waals surface area contributed by atoms with Crippen LogP contribution in [-0.2, 0) is 0 Å². The summed E-state index contributed by atoms with van der Waals surface area (Å²) in [5.74, 6) is -0.0357. The Bertz CT molecular complexity index is 601. The number of nitrogens with one attached hydrogen (secondary N) is 1. The maximum atomic E-state index is 12.4. The summed E-state index contributed by atoms with van der Waals surface area (Å²) in [6.07, 6.45) is 0. The van der Waals surface area contributed by atoms with Crippen molar-refractivity contribution in [1.29, 1.82) is 0 Å². The number of halogens is 2. The van der Waals surface area contributed by atoms with E-state index in [2.05, 4.69) is 43.8 Å². The summed E-state index contributed by atoms with van der Waals surface area (Å²) in [4.78, 5) is 12.4. The smallest absolute Gasteiger partial charge is 0.252 e. The van der Waals surface area contributed by atoms with E-state index in [1.54, 1.807) is 0 Å². The molecule has 2 nitrogen and oxygen atoms in total. The molecule has 1 N–H and O–H groups in total. The van der Waals surface area contributed by atoms with Gasteiger partial charge in [-0.2, -0.15) is 0 Å². The van der Waals surface area contributed by atoms with Gasteiger partial charge in [-0.1, -0.05) is 58.4 Å². The Kier molecular flexibility index (Phi) is 5.60. The summed E-state index contributed by atoms with van der Waals surface area (Å²) in [7, 11) is 0. The molecule has 0 fully saturated rings. The third kappa shape index (κ3) is 3.61. The van der Waals surface area contributed by atoms with E-state index in [0.29, 0.717) is 5.33 Å². The minimum atomic E-state index is -0.0357. The Balaban J connectivity index is 2.20. The molecule has 0 radical (unpaired) electrons. The van der Waals surface area contributed by atoms with Crippen LogP contribution >= 0.6 is 38.5 Å². The molecule has 4 heteroatoms. The molecule has 20 heavy (non-hydrogen) atoms. The molecule has 0 aliphatic rings. The zero-order valence-electron chi connectivity index (χ0n) is 11.1. The van der Waals surface area contributed by atoms with Crippen LogP contribution in [0, 0.1) is 10.5 Å². The van der Waals surface area contributed by atoms with Gasteiger partial charge in [-0.15, -0.1) is 0 Å². The summed E-state index contributed by atoms with van der Waals surface area (Å²) in [6, 6.07) is 15.7. The first-order chi connectivity index (χ1) is 9.63. The summed E-state index contributed by atoms with van der Waals surface area (Å²) in [6.45, 7) is 2.01. The van der Waals surface area contributed by atoms with Crippen LogP contribution < -0.4 is 5.32 Å². The van der Waals surface area contributed by atoms with E-state index in [9.17, 15) is 4.79 Å². The number of alkyl halides is 1. The van der Waals surface area contributed by atoms with Gasteiger partial charge in [0.25, 0.3) is 5.91 Å². The van der Waals surface area contributed by atoms with Crippen molar-refractivity contribution in [1.82, 2.24) is 5.32 Å². The Hall–Kier alpha value is -0.880. The summed E-state index contributed by atoms with van der Waals surface area (Å²) in [5.41, 5.74) is 2.95. The molecule has 0 bridgehead atoms. The minimum absolute atomic E-state index is 0.0278. The Morgan fingerprint density at radius 2 is 1.90 bits per heavy atom.